The van der Waals surface area contributed by atoms with Gasteiger partial charge in [0.05, 0.1) is 21.8 Å². The van der Waals surface area contributed by atoms with Gasteiger partial charge in [-0.05, 0) is 73.0 Å². The molecule has 1 amide bonds. The fourth-order valence-corrected chi connectivity index (χ4v) is 5.94. The van der Waals surface area contributed by atoms with Crippen LogP contribution < -0.4 is 9.64 Å². The topological polar surface area (TPSA) is 100.0 Å². The van der Waals surface area contributed by atoms with Crippen molar-refractivity contribution in [1.82, 2.24) is 4.98 Å². The Hall–Kier alpha value is -4.17. The monoisotopic (exact) mass is 498 g/mol. The van der Waals surface area contributed by atoms with Crippen LogP contribution in [0.2, 0.25) is 0 Å². The van der Waals surface area contributed by atoms with Crippen molar-refractivity contribution in [2.45, 2.75) is 32.4 Å². The smallest absolute Gasteiger partial charge is 0.301 e. The maximum absolute atomic E-state index is 13.4. The number of aliphatic hydroxyl groups is 1. The number of aromatic hydroxyl groups is 1. The van der Waals surface area contributed by atoms with Crippen molar-refractivity contribution in [3.63, 3.8) is 0 Å². The number of hydrogen-bond acceptors (Lipinski definition) is 7. The SMILES string of the molecule is Cc1ccc2nc(N3C(=O)C(=O)C(=C(O)c4ccc5c(c4)C[C@H](C)O5)[C@H]3c3ccc(O)cc3)sc2c1. The molecule has 2 aliphatic heterocycles. The van der Waals surface area contributed by atoms with Gasteiger partial charge in [0.2, 0.25) is 0 Å². The lowest BCUT2D eigenvalue weighted by molar-refractivity contribution is -0.132. The maximum Gasteiger partial charge on any atom is 0.301 e. The minimum atomic E-state index is -0.907. The number of nitrogens with zero attached hydrogens (tertiary/aromatic N) is 2. The number of carbonyl (C=O) groups excluding carboxylic acids is 2. The van der Waals surface area contributed by atoms with E-state index in [0.29, 0.717) is 22.7 Å². The molecule has 36 heavy (non-hydrogen) atoms. The zero-order valence-corrected chi connectivity index (χ0v) is 20.4. The van der Waals surface area contributed by atoms with Gasteiger partial charge in [0, 0.05) is 12.0 Å². The number of phenols is 1. The number of thiazole rings is 1. The first kappa shape index (κ1) is 22.3. The Balaban J connectivity index is 1.53. The standard InChI is InChI=1S/C28H22N2O5S/c1-14-3-9-20-22(11-14)36-28(29-20)30-24(16-4-7-19(31)8-5-16)23(26(33)27(30)34)25(32)17-6-10-21-18(13-17)12-15(2)35-21/h3-11,13,15,24,31-32H,12H2,1-2H3/t15-,24+/m0/s1. The first-order valence-electron chi connectivity index (χ1n) is 11.6. The molecule has 0 bridgehead atoms. The Kier molecular flexibility index (Phi) is 5.08. The number of phenolic OH excluding ortho intramolecular Hbond substituents is 1. The summed E-state index contributed by atoms with van der Waals surface area (Å²) in [5.41, 5.74) is 3.70. The van der Waals surface area contributed by atoms with Gasteiger partial charge in [-0.25, -0.2) is 4.98 Å². The summed E-state index contributed by atoms with van der Waals surface area (Å²) in [6, 6.07) is 16.4. The molecule has 180 valence electrons. The lowest BCUT2D eigenvalue weighted by atomic mass is 9.94. The Bertz CT molecular complexity index is 1590. The highest BCUT2D eigenvalue weighted by Crippen LogP contribution is 2.45. The number of ketones is 1. The van der Waals surface area contributed by atoms with Crippen LogP contribution in [0.3, 0.4) is 0 Å². The van der Waals surface area contributed by atoms with Gasteiger partial charge in [-0.3, -0.25) is 14.5 Å². The molecular formula is C28H22N2O5S. The Morgan fingerprint density at radius 3 is 2.64 bits per heavy atom. The molecule has 1 aromatic heterocycles. The molecule has 3 heterocycles. The van der Waals surface area contributed by atoms with Gasteiger partial charge in [-0.2, -0.15) is 0 Å². The summed E-state index contributed by atoms with van der Waals surface area (Å²) in [6.07, 6.45) is 0.722. The van der Waals surface area contributed by atoms with Gasteiger partial charge in [-0.1, -0.05) is 29.5 Å². The van der Waals surface area contributed by atoms with Gasteiger partial charge in [-0.15, -0.1) is 0 Å². The van der Waals surface area contributed by atoms with E-state index in [4.69, 9.17) is 4.74 Å². The van der Waals surface area contributed by atoms with E-state index in [-0.39, 0.29) is 23.2 Å². The molecule has 2 aliphatic rings. The lowest BCUT2D eigenvalue weighted by Gasteiger charge is -2.23. The Morgan fingerprint density at radius 2 is 1.86 bits per heavy atom. The van der Waals surface area contributed by atoms with Crippen LogP contribution in [0.5, 0.6) is 11.5 Å². The summed E-state index contributed by atoms with van der Waals surface area (Å²) in [7, 11) is 0. The number of ether oxygens (including phenoxy) is 1. The van der Waals surface area contributed by atoms with Crippen LogP contribution in [0.15, 0.2) is 66.2 Å². The molecule has 0 saturated carbocycles. The first-order chi connectivity index (χ1) is 17.3. The van der Waals surface area contributed by atoms with E-state index in [9.17, 15) is 19.8 Å². The van der Waals surface area contributed by atoms with E-state index in [0.717, 1.165) is 27.1 Å². The number of carbonyl (C=O) groups is 2. The summed E-state index contributed by atoms with van der Waals surface area (Å²) in [5, 5.41) is 21.6. The average molecular weight is 499 g/mol. The van der Waals surface area contributed by atoms with Gasteiger partial charge in [0.25, 0.3) is 5.78 Å². The molecule has 0 unspecified atom stereocenters. The molecule has 8 heteroatoms. The number of aromatic nitrogens is 1. The van der Waals surface area contributed by atoms with E-state index in [1.54, 1.807) is 30.3 Å². The van der Waals surface area contributed by atoms with E-state index < -0.39 is 17.7 Å². The van der Waals surface area contributed by atoms with Crippen molar-refractivity contribution >= 4 is 44.1 Å². The van der Waals surface area contributed by atoms with Crippen molar-refractivity contribution in [3.8, 4) is 11.5 Å². The number of fused-ring (bicyclic) bond motifs is 2. The van der Waals surface area contributed by atoms with Gasteiger partial charge < -0.3 is 14.9 Å². The Labute approximate surface area is 210 Å². The summed E-state index contributed by atoms with van der Waals surface area (Å²) in [5.74, 6) is -0.999. The molecule has 2 atom stereocenters. The van der Waals surface area contributed by atoms with Crippen molar-refractivity contribution < 1.29 is 24.5 Å². The lowest BCUT2D eigenvalue weighted by Crippen LogP contribution is -2.29. The number of aliphatic hydroxyl groups excluding tert-OH is 1. The number of amides is 1. The van der Waals surface area contributed by atoms with Crippen molar-refractivity contribution in [3.05, 3.63) is 88.5 Å². The fraction of sp³-hybridized carbons (Fsp3) is 0.179. The van der Waals surface area contributed by atoms with Crippen molar-refractivity contribution in [2.24, 2.45) is 0 Å². The molecule has 7 nitrogen and oxygen atoms in total. The largest absolute Gasteiger partial charge is 0.508 e. The van der Waals surface area contributed by atoms with Crippen molar-refractivity contribution in [1.29, 1.82) is 0 Å². The summed E-state index contributed by atoms with van der Waals surface area (Å²) < 4.78 is 6.65. The van der Waals surface area contributed by atoms with Crippen molar-refractivity contribution in [2.75, 3.05) is 4.90 Å². The molecule has 4 aromatic rings. The predicted octanol–water partition coefficient (Wildman–Crippen LogP) is 5.26. The van der Waals surface area contributed by atoms with E-state index in [1.165, 1.54) is 28.4 Å². The number of aryl methyl sites for hydroxylation is 1. The summed E-state index contributed by atoms with van der Waals surface area (Å²) in [4.78, 5) is 32.8. The quantitative estimate of drug-likeness (QED) is 0.227. The Morgan fingerprint density at radius 1 is 1.08 bits per heavy atom. The minimum Gasteiger partial charge on any atom is -0.508 e. The number of Topliss-reactive ketones (excluding diaryl/α,β-unsaturated/α-hetero) is 1. The molecule has 6 rings (SSSR count). The van der Waals surface area contributed by atoms with E-state index in [1.807, 2.05) is 32.0 Å². The van der Waals surface area contributed by atoms with Gasteiger partial charge in [0.15, 0.2) is 5.13 Å². The van der Waals surface area contributed by atoms with Crippen LogP contribution >= 0.6 is 11.3 Å². The highest BCUT2D eigenvalue weighted by molar-refractivity contribution is 7.22. The average Bonchev–Trinajstić information content (AvgIpc) is 3.51. The number of rotatable bonds is 3. The maximum atomic E-state index is 13.4. The molecular weight excluding hydrogens is 476 g/mol. The summed E-state index contributed by atoms with van der Waals surface area (Å²) >= 11 is 1.31. The molecule has 3 aromatic carbocycles. The number of hydrogen-bond donors (Lipinski definition) is 2. The summed E-state index contributed by atoms with van der Waals surface area (Å²) in [6.45, 7) is 3.94. The zero-order valence-electron chi connectivity index (χ0n) is 19.6. The second-order valence-electron chi connectivity index (χ2n) is 9.18. The first-order valence-corrected chi connectivity index (χ1v) is 12.4. The second kappa shape index (κ2) is 8.20. The van der Waals surface area contributed by atoms with Gasteiger partial charge in [0.1, 0.15) is 23.4 Å². The molecule has 1 saturated heterocycles. The second-order valence-corrected chi connectivity index (χ2v) is 10.2. The molecule has 0 radical (unpaired) electrons. The molecule has 1 fully saturated rings. The van der Waals surface area contributed by atoms with E-state index in [2.05, 4.69) is 4.98 Å². The van der Waals surface area contributed by atoms with E-state index >= 15 is 0 Å². The highest BCUT2D eigenvalue weighted by Gasteiger charge is 2.48. The third kappa shape index (κ3) is 3.53. The van der Waals surface area contributed by atoms with Crippen LogP contribution in [-0.2, 0) is 16.0 Å². The predicted molar refractivity (Wildman–Crippen MR) is 137 cm³/mol. The van der Waals surface area contributed by atoms with Crippen LogP contribution in [0.1, 0.15) is 35.2 Å². The third-order valence-electron chi connectivity index (χ3n) is 6.56. The molecule has 2 N–H and O–H groups in total. The van der Waals surface area contributed by atoms with Crippen LogP contribution in [0.4, 0.5) is 5.13 Å². The molecule has 0 spiro atoms. The molecule has 0 aliphatic carbocycles. The highest BCUT2D eigenvalue weighted by atomic mass is 32.1. The normalized spacial score (nSPS) is 20.7. The minimum absolute atomic E-state index is 0.0203. The number of anilines is 1. The van der Waals surface area contributed by atoms with Crippen LogP contribution in [0, 0.1) is 6.92 Å². The third-order valence-corrected chi connectivity index (χ3v) is 7.58. The van der Waals surface area contributed by atoms with Crippen LogP contribution in [-0.4, -0.2) is 33.0 Å². The van der Waals surface area contributed by atoms with Gasteiger partial charge >= 0.3 is 5.91 Å². The zero-order chi connectivity index (χ0) is 25.1. The number of benzene rings is 3. The van der Waals surface area contributed by atoms with Crippen LogP contribution in [0.25, 0.3) is 16.0 Å². The fourth-order valence-electron chi connectivity index (χ4n) is 4.85.